The summed E-state index contributed by atoms with van der Waals surface area (Å²) in [5, 5.41) is 28.5. The van der Waals surface area contributed by atoms with E-state index in [9.17, 15) is 5.21 Å². The number of benzene rings is 2. The molecule has 1 aliphatic heterocycles. The second-order valence-corrected chi connectivity index (χ2v) is 6.50. The summed E-state index contributed by atoms with van der Waals surface area (Å²) >= 11 is 1.55. The van der Waals surface area contributed by atoms with E-state index < -0.39 is 5.23 Å². The number of nitrogens with one attached hydrogen (secondary N) is 2. The van der Waals surface area contributed by atoms with Gasteiger partial charge in [0.2, 0.25) is 5.16 Å². The number of thioether (sulfide) groups is 1. The van der Waals surface area contributed by atoms with Gasteiger partial charge in [-0.2, -0.15) is 5.23 Å². The number of quaternary nitrogens is 1. The largest absolute Gasteiger partial charge is 0.595 e. The Balaban J connectivity index is 1.62. The van der Waals surface area contributed by atoms with Crippen LogP contribution >= 0.6 is 11.8 Å². The molecule has 0 saturated carbocycles. The van der Waals surface area contributed by atoms with E-state index in [0.29, 0.717) is 11.4 Å². The Hall–Kier alpha value is -2.59. The van der Waals surface area contributed by atoms with Gasteiger partial charge in [-0.3, -0.25) is 0 Å². The van der Waals surface area contributed by atoms with Gasteiger partial charge in [0.15, 0.2) is 11.5 Å². The number of fused-ring (bicyclic) bond motifs is 1. The van der Waals surface area contributed by atoms with Crippen molar-refractivity contribution in [2.24, 2.45) is 0 Å². The number of nitrogens with zero attached hydrogens (tertiary/aromatic N) is 3. The Morgan fingerprint density at radius 2 is 2.04 bits per heavy atom. The first-order chi connectivity index (χ1) is 12.2. The Labute approximate surface area is 147 Å². The molecule has 3 aromatic rings. The molecule has 0 aliphatic carbocycles. The fraction of sp³-hybridized carbons (Fsp3) is 0.125. The van der Waals surface area contributed by atoms with Crippen molar-refractivity contribution >= 4 is 17.4 Å². The number of rotatable bonds is 4. The molecular formula is C16H15N5O3S. The van der Waals surface area contributed by atoms with Crippen LogP contribution in [0.4, 0.5) is 5.69 Å². The second kappa shape index (κ2) is 6.37. The zero-order valence-electron chi connectivity index (χ0n) is 13.2. The molecule has 25 heavy (non-hydrogen) atoms. The number of aromatic nitrogens is 3. The highest BCUT2D eigenvalue weighted by Gasteiger charge is 2.28. The van der Waals surface area contributed by atoms with Crippen LogP contribution in [-0.2, 0) is 0 Å². The predicted octanol–water partition coefficient (Wildman–Crippen LogP) is 1.71. The van der Waals surface area contributed by atoms with Gasteiger partial charge in [0.05, 0.1) is 7.11 Å². The number of methoxy groups -OCH3 is 1. The zero-order chi connectivity index (χ0) is 17.4. The molecule has 2 aromatic carbocycles. The lowest BCUT2D eigenvalue weighted by Crippen LogP contribution is -2.99. The van der Waals surface area contributed by atoms with E-state index in [1.165, 1.54) is 0 Å². The highest BCUT2D eigenvalue weighted by molar-refractivity contribution is 7.99. The molecule has 0 fully saturated rings. The number of hydrogen-bond donors (Lipinski definition) is 3. The van der Waals surface area contributed by atoms with Crippen molar-refractivity contribution in [3.63, 3.8) is 0 Å². The molecule has 2 heterocycles. The average molecular weight is 357 g/mol. The van der Waals surface area contributed by atoms with Gasteiger partial charge in [0, 0.05) is 17.7 Å². The third-order valence-corrected chi connectivity index (χ3v) is 4.98. The summed E-state index contributed by atoms with van der Waals surface area (Å²) < 4.78 is 6.98. The summed E-state index contributed by atoms with van der Waals surface area (Å²) in [6.07, 6.45) is 0. The average Bonchev–Trinajstić information content (AvgIpc) is 3.22. The van der Waals surface area contributed by atoms with Crippen molar-refractivity contribution < 1.29 is 15.2 Å². The van der Waals surface area contributed by atoms with Crippen molar-refractivity contribution in [1.82, 2.24) is 14.9 Å². The van der Waals surface area contributed by atoms with Crippen LogP contribution in [-0.4, -0.2) is 27.2 Å². The van der Waals surface area contributed by atoms with Crippen LogP contribution < -0.4 is 15.4 Å². The van der Waals surface area contributed by atoms with Gasteiger partial charge >= 0.3 is 0 Å². The summed E-state index contributed by atoms with van der Waals surface area (Å²) in [4.78, 5) is 0. The maximum atomic E-state index is 11.2. The molecular weight excluding hydrogens is 342 g/mol. The maximum absolute atomic E-state index is 11.2. The van der Waals surface area contributed by atoms with Gasteiger partial charge < -0.3 is 15.4 Å². The minimum Gasteiger partial charge on any atom is -0.595 e. The molecule has 9 heteroatoms. The quantitative estimate of drug-likeness (QED) is 0.611. The monoisotopic (exact) mass is 357 g/mol. The topological polar surface area (TPSA) is 99.7 Å². The molecule has 1 aromatic heterocycles. The number of ether oxygens (including phenoxy) is 1. The van der Waals surface area contributed by atoms with Crippen molar-refractivity contribution in [3.8, 4) is 17.1 Å². The lowest BCUT2D eigenvalue weighted by atomic mass is 10.2. The van der Waals surface area contributed by atoms with Gasteiger partial charge in [-0.05, 0) is 17.7 Å². The molecule has 0 saturated heterocycles. The molecule has 0 bridgehead atoms. The molecule has 3 N–H and O–H groups in total. The van der Waals surface area contributed by atoms with Crippen LogP contribution in [0, 0.1) is 5.21 Å². The maximum Gasteiger partial charge on any atom is 0.212 e. The van der Waals surface area contributed by atoms with Gasteiger partial charge in [-0.1, -0.05) is 36.0 Å². The summed E-state index contributed by atoms with van der Waals surface area (Å²) in [5.74, 6) is 1.39. The molecule has 128 valence electrons. The summed E-state index contributed by atoms with van der Waals surface area (Å²) in [5.41, 5.74) is 5.35. The van der Waals surface area contributed by atoms with Gasteiger partial charge in [0.25, 0.3) is 0 Å². The van der Waals surface area contributed by atoms with E-state index >= 15 is 0 Å². The van der Waals surface area contributed by atoms with E-state index in [2.05, 4.69) is 15.6 Å². The van der Waals surface area contributed by atoms with Gasteiger partial charge in [0.1, 0.15) is 11.1 Å². The highest BCUT2D eigenvalue weighted by Crippen LogP contribution is 2.40. The summed E-state index contributed by atoms with van der Waals surface area (Å²) in [6.45, 7) is 0. The van der Waals surface area contributed by atoms with Crippen LogP contribution in [0.15, 0.2) is 53.7 Å². The zero-order valence-corrected chi connectivity index (χ0v) is 14.0. The predicted molar refractivity (Wildman–Crippen MR) is 92.2 cm³/mol. The Bertz CT molecular complexity index is 897. The van der Waals surface area contributed by atoms with Crippen LogP contribution in [0.3, 0.4) is 0 Å². The van der Waals surface area contributed by atoms with E-state index in [1.54, 1.807) is 41.7 Å². The summed E-state index contributed by atoms with van der Waals surface area (Å²) in [7, 11) is 1.64. The van der Waals surface area contributed by atoms with Crippen molar-refractivity contribution in [2.75, 3.05) is 12.5 Å². The van der Waals surface area contributed by atoms with Crippen molar-refractivity contribution in [1.29, 1.82) is 0 Å². The fourth-order valence-electron chi connectivity index (χ4n) is 2.61. The van der Waals surface area contributed by atoms with Crippen molar-refractivity contribution in [3.05, 3.63) is 59.3 Å². The third kappa shape index (κ3) is 2.94. The standard InChI is InChI=1S/C16H15N5O3S/c1-24-13-7-5-10(6-8-13)15-19-20-14(17-18-16(20)25-15)11-3-2-4-12(9-11)21(22)23/h2-9,15,19,21-22H,1H3/t15-/m1/s1. The van der Waals surface area contributed by atoms with Crippen LogP contribution in [0.2, 0.25) is 0 Å². The Morgan fingerprint density at radius 3 is 2.76 bits per heavy atom. The van der Waals surface area contributed by atoms with E-state index in [4.69, 9.17) is 9.94 Å². The molecule has 4 rings (SSSR count). The van der Waals surface area contributed by atoms with E-state index in [1.807, 2.05) is 30.3 Å². The normalized spacial score (nSPS) is 17.0. The van der Waals surface area contributed by atoms with E-state index in [-0.39, 0.29) is 11.1 Å². The molecule has 2 atom stereocenters. The number of hydrogen-bond acceptors (Lipinski definition) is 7. The van der Waals surface area contributed by atoms with Crippen LogP contribution in [0.25, 0.3) is 11.4 Å². The molecule has 1 aliphatic rings. The SMILES string of the molecule is COc1ccc([C@@H]2Nn3c(nnc3-c3cccc([NH+]([O-])O)c3)S2)cc1. The molecule has 8 nitrogen and oxygen atoms in total. The lowest BCUT2D eigenvalue weighted by Gasteiger charge is -2.14. The molecule has 1 unspecified atom stereocenters. The Kier molecular flexibility index (Phi) is 4.06. The lowest BCUT2D eigenvalue weighted by molar-refractivity contribution is -0.991. The highest BCUT2D eigenvalue weighted by atomic mass is 32.2. The summed E-state index contributed by atoms with van der Waals surface area (Å²) in [6, 6.07) is 14.5. The smallest absolute Gasteiger partial charge is 0.212 e. The Morgan fingerprint density at radius 1 is 1.24 bits per heavy atom. The first-order valence-corrected chi connectivity index (χ1v) is 8.40. The first-order valence-electron chi connectivity index (χ1n) is 7.52. The molecule has 0 radical (unpaired) electrons. The minimum atomic E-state index is -0.971. The second-order valence-electron chi connectivity index (χ2n) is 5.43. The first kappa shape index (κ1) is 15.9. The molecule has 0 amide bonds. The minimum absolute atomic E-state index is 0.00203. The van der Waals surface area contributed by atoms with Crippen LogP contribution in [0.1, 0.15) is 10.9 Å². The molecule has 0 spiro atoms. The van der Waals surface area contributed by atoms with Gasteiger partial charge in [-0.25, -0.2) is 9.88 Å². The van der Waals surface area contributed by atoms with Gasteiger partial charge in [-0.15, -0.1) is 10.2 Å². The van der Waals surface area contributed by atoms with Crippen molar-refractivity contribution in [2.45, 2.75) is 10.5 Å². The van der Waals surface area contributed by atoms with Crippen LogP contribution in [0.5, 0.6) is 5.75 Å². The fourth-order valence-corrected chi connectivity index (χ4v) is 3.61. The third-order valence-electron chi connectivity index (χ3n) is 3.89. The van der Waals surface area contributed by atoms with E-state index in [0.717, 1.165) is 16.5 Å².